The van der Waals surface area contributed by atoms with Crippen LogP contribution in [0.2, 0.25) is 0 Å². The Labute approximate surface area is 141 Å². The van der Waals surface area contributed by atoms with Crippen molar-refractivity contribution in [2.45, 2.75) is 46.6 Å². The van der Waals surface area contributed by atoms with Gasteiger partial charge in [-0.05, 0) is 62.4 Å². The number of anilines is 1. The number of likely N-dealkylation sites (tertiary alicyclic amines) is 1. The first-order chi connectivity index (χ1) is 11.0. The molecule has 23 heavy (non-hydrogen) atoms. The van der Waals surface area contributed by atoms with Crippen LogP contribution >= 0.6 is 0 Å². The van der Waals surface area contributed by atoms with E-state index in [1.54, 1.807) is 0 Å². The number of guanidine groups is 1. The summed E-state index contributed by atoms with van der Waals surface area (Å²) in [6.45, 7) is 12.1. The quantitative estimate of drug-likeness (QED) is 0.646. The van der Waals surface area contributed by atoms with E-state index in [4.69, 9.17) is 5.73 Å². The van der Waals surface area contributed by atoms with Crippen LogP contribution in [0.15, 0.2) is 29.3 Å². The first kappa shape index (κ1) is 17.8. The maximum atomic E-state index is 6.08. The third-order valence-electron chi connectivity index (χ3n) is 4.80. The molecule has 0 radical (unpaired) electrons. The van der Waals surface area contributed by atoms with Gasteiger partial charge in [0.2, 0.25) is 0 Å². The molecule has 0 aliphatic carbocycles. The van der Waals surface area contributed by atoms with Gasteiger partial charge in [-0.25, -0.2) is 0 Å². The Morgan fingerprint density at radius 2 is 2.04 bits per heavy atom. The number of piperidine rings is 1. The Hall–Kier alpha value is -1.55. The monoisotopic (exact) mass is 316 g/mol. The molecule has 0 spiro atoms. The van der Waals surface area contributed by atoms with Crippen LogP contribution < -0.4 is 11.1 Å². The molecule has 1 aliphatic heterocycles. The number of aliphatic imine (C=N–C) groups is 1. The fraction of sp³-hybridized carbons (Fsp3) is 0.632. The lowest BCUT2D eigenvalue weighted by Gasteiger charge is -2.38. The van der Waals surface area contributed by atoms with Gasteiger partial charge in [0.15, 0.2) is 5.96 Å². The van der Waals surface area contributed by atoms with E-state index in [1.165, 1.54) is 31.5 Å². The summed E-state index contributed by atoms with van der Waals surface area (Å²) in [6.07, 6.45) is 2.59. The molecule has 4 heteroatoms. The highest BCUT2D eigenvalue weighted by Gasteiger charge is 2.25. The lowest BCUT2D eigenvalue weighted by Crippen LogP contribution is -2.45. The van der Waals surface area contributed by atoms with E-state index in [1.807, 2.05) is 12.1 Å². The highest BCUT2D eigenvalue weighted by Crippen LogP contribution is 2.21. The fourth-order valence-electron chi connectivity index (χ4n) is 3.21. The predicted molar refractivity (Wildman–Crippen MR) is 99.9 cm³/mol. The second-order valence-electron chi connectivity index (χ2n) is 7.25. The molecule has 1 saturated heterocycles. The average Bonchev–Trinajstić information content (AvgIpc) is 2.49. The molecule has 128 valence electrons. The molecule has 1 fully saturated rings. The van der Waals surface area contributed by atoms with Crippen molar-refractivity contribution in [2.24, 2.45) is 22.6 Å². The van der Waals surface area contributed by atoms with E-state index in [0.717, 1.165) is 18.2 Å². The van der Waals surface area contributed by atoms with Gasteiger partial charge in [0, 0.05) is 11.7 Å². The third-order valence-corrected chi connectivity index (χ3v) is 4.80. The predicted octanol–water partition coefficient (Wildman–Crippen LogP) is 3.48. The van der Waals surface area contributed by atoms with Gasteiger partial charge in [0.05, 0.1) is 6.54 Å². The fourth-order valence-corrected chi connectivity index (χ4v) is 3.21. The summed E-state index contributed by atoms with van der Waals surface area (Å²) < 4.78 is 0. The molecule has 1 aromatic rings. The van der Waals surface area contributed by atoms with Crippen molar-refractivity contribution >= 4 is 11.6 Å². The smallest absolute Gasteiger partial charge is 0.193 e. The molecule has 1 heterocycles. The SMILES string of the molecule is Cc1cccc(NC(N)=NCC(C(C)C)N2CCC(C)CC2)c1. The summed E-state index contributed by atoms with van der Waals surface area (Å²) in [6, 6.07) is 8.66. The zero-order valence-electron chi connectivity index (χ0n) is 15.0. The molecule has 1 aliphatic rings. The van der Waals surface area contributed by atoms with Crippen molar-refractivity contribution < 1.29 is 0 Å². The van der Waals surface area contributed by atoms with Gasteiger partial charge in [-0.2, -0.15) is 0 Å². The Kier molecular flexibility index (Phi) is 6.46. The minimum Gasteiger partial charge on any atom is -0.370 e. The molecule has 0 amide bonds. The number of aryl methyl sites for hydroxylation is 1. The number of hydrogen-bond donors (Lipinski definition) is 2. The molecular formula is C19H32N4. The molecule has 1 atom stereocenters. The molecule has 1 aromatic carbocycles. The molecule has 4 nitrogen and oxygen atoms in total. The zero-order chi connectivity index (χ0) is 16.8. The molecule has 0 bridgehead atoms. The van der Waals surface area contributed by atoms with Crippen molar-refractivity contribution in [3.63, 3.8) is 0 Å². The van der Waals surface area contributed by atoms with Gasteiger partial charge < -0.3 is 11.1 Å². The maximum Gasteiger partial charge on any atom is 0.193 e. The van der Waals surface area contributed by atoms with Crippen molar-refractivity contribution in [3.05, 3.63) is 29.8 Å². The topological polar surface area (TPSA) is 53.6 Å². The first-order valence-corrected chi connectivity index (χ1v) is 8.83. The first-order valence-electron chi connectivity index (χ1n) is 8.83. The number of nitrogens with one attached hydrogen (secondary N) is 1. The minimum atomic E-state index is 0.473. The van der Waals surface area contributed by atoms with Crippen LogP contribution in [0.25, 0.3) is 0 Å². The lowest BCUT2D eigenvalue weighted by molar-refractivity contribution is 0.113. The summed E-state index contributed by atoms with van der Waals surface area (Å²) in [5.74, 6) is 1.95. The summed E-state index contributed by atoms with van der Waals surface area (Å²) >= 11 is 0. The number of nitrogens with two attached hydrogens (primary N) is 1. The van der Waals surface area contributed by atoms with Gasteiger partial charge in [-0.1, -0.05) is 32.9 Å². The van der Waals surface area contributed by atoms with Crippen LogP contribution in [0.3, 0.4) is 0 Å². The summed E-state index contributed by atoms with van der Waals surface area (Å²) in [5, 5.41) is 3.20. The van der Waals surface area contributed by atoms with Gasteiger partial charge in [-0.3, -0.25) is 9.89 Å². The maximum absolute atomic E-state index is 6.08. The molecule has 3 N–H and O–H groups in total. The second-order valence-corrected chi connectivity index (χ2v) is 7.25. The Morgan fingerprint density at radius 1 is 1.35 bits per heavy atom. The summed E-state index contributed by atoms with van der Waals surface area (Å²) in [4.78, 5) is 7.20. The Bertz CT molecular complexity index is 516. The van der Waals surface area contributed by atoms with Crippen molar-refractivity contribution in [2.75, 3.05) is 25.0 Å². The molecule has 2 rings (SSSR count). The lowest BCUT2D eigenvalue weighted by atomic mass is 9.94. The van der Waals surface area contributed by atoms with Crippen LogP contribution in [-0.2, 0) is 0 Å². The van der Waals surface area contributed by atoms with E-state index >= 15 is 0 Å². The van der Waals surface area contributed by atoms with Gasteiger partial charge in [-0.15, -0.1) is 0 Å². The highest BCUT2D eigenvalue weighted by atomic mass is 15.2. The Balaban J connectivity index is 1.94. The minimum absolute atomic E-state index is 0.473. The largest absolute Gasteiger partial charge is 0.370 e. The Morgan fingerprint density at radius 3 is 2.65 bits per heavy atom. The van der Waals surface area contributed by atoms with E-state index in [0.29, 0.717) is 17.9 Å². The highest BCUT2D eigenvalue weighted by molar-refractivity contribution is 5.92. The standard InChI is InChI=1S/C19H32N4/c1-14(2)18(23-10-8-15(3)9-11-23)13-21-19(20)22-17-7-5-6-16(4)12-17/h5-7,12,14-15,18H,8-11,13H2,1-4H3,(H3,20,21,22). The number of rotatable bonds is 5. The summed E-state index contributed by atoms with van der Waals surface area (Å²) in [5.41, 5.74) is 8.29. The van der Waals surface area contributed by atoms with Gasteiger partial charge in [0.1, 0.15) is 0 Å². The van der Waals surface area contributed by atoms with Crippen molar-refractivity contribution in [3.8, 4) is 0 Å². The van der Waals surface area contributed by atoms with Crippen LogP contribution in [0.1, 0.15) is 39.2 Å². The number of hydrogen-bond acceptors (Lipinski definition) is 2. The van der Waals surface area contributed by atoms with E-state index < -0.39 is 0 Å². The molecule has 1 unspecified atom stereocenters. The number of benzene rings is 1. The van der Waals surface area contributed by atoms with Gasteiger partial charge in [0.25, 0.3) is 0 Å². The molecule has 0 saturated carbocycles. The zero-order valence-corrected chi connectivity index (χ0v) is 15.0. The van der Waals surface area contributed by atoms with Crippen LogP contribution in [0.4, 0.5) is 5.69 Å². The van der Waals surface area contributed by atoms with Crippen LogP contribution in [0.5, 0.6) is 0 Å². The third kappa shape index (κ3) is 5.54. The average molecular weight is 316 g/mol. The molecule has 0 aromatic heterocycles. The van der Waals surface area contributed by atoms with Crippen LogP contribution in [0, 0.1) is 18.8 Å². The summed E-state index contributed by atoms with van der Waals surface area (Å²) in [7, 11) is 0. The van der Waals surface area contributed by atoms with Crippen molar-refractivity contribution in [1.29, 1.82) is 0 Å². The second kappa shape index (κ2) is 8.34. The van der Waals surface area contributed by atoms with E-state index in [-0.39, 0.29) is 0 Å². The van der Waals surface area contributed by atoms with Crippen LogP contribution in [-0.4, -0.2) is 36.5 Å². The van der Waals surface area contributed by atoms with Crippen molar-refractivity contribution in [1.82, 2.24) is 4.90 Å². The van der Waals surface area contributed by atoms with E-state index in [9.17, 15) is 0 Å². The number of nitrogens with zero attached hydrogens (tertiary/aromatic N) is 2. The molecular weight excluding hydrogens is 284 g/mol. The van der Waals surface area contributed by atoms with Gasteiger partial charge >= 0.3 is 0 Å². The normalized spacial score (nSPS) is 19.1. The van der Waals surface area contributed by atoms with E-state index in [2.05, 4.69) is 55.0 Å².